The summed E-state index contributed by atoms with van der Waals surface area (Å²) in [6.45, 7) is 0. The smallest absolute Gasteiger partial charge is 0.261 e. The fourth-order valence-electron chi connectivity index (χ4n) is 4.53. The average Bonchev–Trinajstić information content (AvgIpc) is 2.77. The number of hydrogen-bond acceptors (Lipinski definition) is 4. The molecule has 6 heteroatoms. The third-order valence-corrected chi connectivity index (χ3v) is 6.33. The maximum atomic E-state index is 13.4. The van der Waals surface area contributed by atoms with Crippen LogP contribution in [0.5, 0.6) is 0 Å². The first-order valence-electron chi connectivity index (χ1n) is 10.3. The molecule has 1 saturated carbocycles. The van der Waals surface area contributed by atoms with Gasteiger partial charge in [-0.1, -0.05) is 36.6 Å². The molecule has 30 heavy (non-hydrogen) atoms. The average molecular weight is 420 g/mol. The first-order chi connectivity index (χ1) is 14.6. The van der Waals surface area contributed by atoms with Crippen molar-refractivity contribution in [2.75, 3.05) is 0 Å². The van der Waals surface area contributed by atoms with Gasteiger partial charge in [-0.05, 0) is 60.7 Å². The lowest BCUT2D eigenvalue weighted by Gasteiger charge is -2.29. The number of hydrogen-bond donors (Lipinski definition) is 1. The van der Waals surface area contributed by atoms with Crippen LogP contribution in [0, 0.1) is 0 Å². The van der Waals surface area contributed by atoms with Crippen LogP contribution in [0.1, 0.15) is 42.9 Å². The molecular weight excluding hydrogens is 398 g/mol. The predicted molar refractivity (Wildman–Crippen MR) is 119 cm³/mol. The Morgan fingerprint density at radius 2 is 1.83 bits per heavy atom. The van der Waals surface area contributed by atoms with Crippen molar-refractivity contribution in [2.24, 2.45) is 0 Å². The van der Waals surface area contributed by atoms with Gasteiger partial charge in [-0.3, -0.25) is 14.3 Å². The third-order valence-electron chi connectivity index (χ3n) is 6.08. The Labute approximate surface area is 179 Å². The van der Waals surface area contributed by atoms with Gasteiger partial charge in [0.1, 0.15) is 0 Å². The van der Waals surface area contributed by atoms with Crippen molar-refractivity contribution < 1.29 is 5.11 Å². The SMILES string of the molecule is O=c1c2cc(Cc3ccc(Cl)cc3)c3ncccc3c2ncn1[C@H]1CCCC[C@@H]1O. The number of halogens is 1. The molecule has 0 aliphatic heterocycles. The first kappa shape index (κ1) is 19.2. The molecule has 4 aromatic rings. The molecule has 0 unspecified atom stereocenters. The van der Waals surface area contributed by atoms with Crippen LogP contribution in [-0.2, 0) is 6.42 Å². The molecule has 0 spiro atoms. The molecule has 5 rings (SSSR count). The minimum atomic E-state index is -0.508. The highest BCUT2D eigenvalue weighted by atomic mass is 35.5. The number of aliphatic hydroxyl groups is 1. The van der Waals surface area contributed by atoms with Crippen molar-refractivity contribution in [3.8, 4) is 0 Å². The highest BCUT2D eigenvalue weighted by Crippen LogP contribution is 2.30. The van der Waals surface area contributed by atoms with Gasteiger partial charge in [0.05, 0.1) is 34.9 Å². The maximum Gasteiger partial charge on any atom is 0.261 e. The summed E-state index contributed by atoms with van der Waals surface area (Å²) in [6, 6.07) is 13.2. The van der Waals surface area contributed by atoms with Crippen LogP contribution >= 0.6 is 11.6 Å². The van der Waals surface area contributed by atoms with Crippen molar-refractivity contribution in [3.63, 3.8) is 0 Å². The summed E-state index contributed by atoms with van der Waals surface area (Å²) in [4.78, 5) is 22.7. The van der Waals surface area contributed by atoms with Crippen LogP contribution in [0.25, 0.3) is 21.8 Å². The van der Waals surface area contributed by atoms with Gasteiger partial charge >= 0.3 is 0 Å². The molecule has 1 N–H and O–H groups in total. The molecule has 0 amide bonds. The molecule has 1 aliphatic rings. The molecule has 1 aliphatic carbocycles. The minimum Gasteiger partial charge on any atom is -0.391 e. The maximum absolute atomic E-state index is 13.4. The molecule has 5 nitrogen and oxygen atoms in total. The van der Waals surface area contributed by atoms with E-state index in [1.807, 2.05) is 42.5 Å². The molecule has 2 aromatic carbocycles. The van der Waals surface area contributed by atoms with Crippen LogP contribution in [0.2, 0.25) is 5.02 Å². The lowest BCUT2D eigenvalue weighted by Crippen LogP contribution is -2.34. The Kier molecular flexibility index (Phi) is 5.01. The first-order valence-corrected chi connectivity index (χ1v) is 10.7. The zero-order chi connectivity index (χ0) is 20.7. The van der Waals surface area contributed by atoms with E-state index in [0.29, 0.717) is 22.3 Å². The number of pyridine rings is 1. The van der Waals surface area contributed by atoms with E-state index in [4.69, 9.17) is 11.6 Å². The summed E-state index contributed by atoms with van der Waals surface area (Å²) in [7, 11) is 0. The van der Waals surface area contributed by atoms with Crippen LogP contribution in [0.3, 0.4) is 0 Å². The van der Waals surface area contributed by atoms with E-state index in [0.717, 1.165) is 47.7 Å². The molecule has 152 valence electrons. The van der Waals surface area contributed by atoms with Crippen molar-refractivity contribution in [3.05, 3.63) is 81.5 Å². The summed E-state index contributed by atoms with van der Waals surface area (Å²) in [5.74, 6) is 0. The molecule has 2 atom stereocenters. The second kappa shape index (κ2) is 7.82. The lowest BCUT2D eigenvalue weighted by molar-refractivity contribution is 0.0735. The summed E-state index contributed by atoms with van der Waals surface area (Å²) >= 11 is 6.03. The van der Waals surface area contributed by atoms with Gasteiger partial charge in [-0.25, -0.2) is 4.98 Å². The van der Waals surface area contributed by atoms with E-state index >= 15 is 0 Å². The number of fused-ring (bicyclic) bond motifs is 3. The predicted octanol–water partition coefficient (Wildman–Crippen LogP) is 4.66. The van der Waals surface area contributed by atoms with Crippen LogP contribution in [0.4, 0.5) is 0 Å². The van der Waals surface area contributed by atoms with Gasteiger partial charge in [-0.2, -0.15) is 0 Å². The molecule has 2 heterocycles. The Bertz CT molecular complexity index is 1280. The van der Waals surface area contributed by atoms with Gasteiger partial charge in [0.2, 0.25) is 0 Å². The van der Waals surface area contributed by atoms with Crippen molar-refractivity contribution in [1.29, 1.82) is 0 Å². The number of rotatable bonds is 3. The third kappa shape index (κ3) is 3.38. The van der Waals surface area contributed by atoms with Gasteiger partial charge < -0.3 is 5.11 Å². The van der Waals surface area contributed by atoms with Crippen LogP contribution in [-0.4, -0.2) is 25.7 Å². The number of aromatic nitrogens is 3. The van der Waals surface area contributed by atoms with Gasteiger partial charge in [0, 0.05) is 16.6 Å². The monoisotopic (exact) mass is 419 g/mol. The van der Waals surface area contributed by atoms with Gasteiger partial charge in [0.15, 0.2) is 0 Å². The Balaban J connectivity index is 1.70. The summed E-state index contributed by atoms with van der Waals surface area (Å²) < 4.78 is 1.63. The molecule has 0 bridgehead atoms. The number of benzene rings is 2. The van der Waals surface area contributed by atoms with E-state index in [9.17, 15) is 9.90 Å². The Morgan fingerprint density at radius 3 is 2.63 bits per heavy atom. The molecular formula is C24H22ClN3O2. The van der Waals surface area contributed by atoms with Crippen molar-refractivity contribution in [2.45, 2.75) is 44.2 Å². The number of nitrogens with zero attached hydrogens (tertiary/aromatic N) is 3. The van der Waals surface area contributed by atoms with E-state index in [1.54, 1.807) is 17.1 Å². The lowest BCUT2D eigenvalue weighted by atomic mass is 9.92. The van der Waals surface area contributed by atoms with E-state index < -0.39 is 6.10 Å². The zero-order valence-corrected chi connectivity index (χ0v) is 17.2. The van der Waals surface area contributed by atoms with Crippen molar-refractivity contribution >= 4 is 33.4 Å². The molecule has 2 aromatic heterocycles. The van der Waals surface area contributed by atoms with Gasteiger partial charge in [0.25, 0.3) is 5.56 Å². The van der Waals surface area contributed by atoms with E-state index in [1.165, 1.54) is 0 Å². The van der Waals surface area contributed by atoms with Crippen molar-refractivity contribution in [1.82, 2.24) is 14.5 Å². The second-order valence-electron chi connectivity index (χ2n) is 8.01. The topological polar surface area (TPSA) is 68.0 Å². The second-order valence-corrected chi connectivity index (χ2v) is 8.45. The number of aliphatic hydroxyl groups excluding tert-OH is 1. The summed E-state index contributed by atoms with van der Waals surface area (Å²) in [5, 5.41) is 12.6. The Morgan fingerprint density at radius 1 is 1.03 bits per heavy atom. The molecule has 1 fully saturated rings. The molecule has 0 saturated heterocycles. The van der Waals surface area contributed by atoms with Gasteiger partial charge in [-0.15, -0.1) is 0 Å². The molecule has 0 radical (unpaired) electrons. The highest BCUT2D eigenvalue weighted by Gasteiger charge is 2.26. The van der Waals surface area contributed by atoms with Crippen LogP contribution in [0.15, 0.2) is 59.8 Å². The fourth-order valence-corrected chi connectivity index (χ4v) is 4.66. The summed E-state index contributed by atoms with van der Waals surface area (Å²) in [6.07, 6.45) is 7.01. The fraction of sp³-hybridized carbons (Fsp3) is 0.292. The largest absolute Gasteiger partial charge is 0.391 e. The summed E-state index contributed by atoms with van der Waals surface area (Å²) in [5.41, 5.74) is 3.47. The van der Waals surface area contributed by atoms with Crippen LogP contribution < -0.4 is 5.56 Å². The Hall–Kier alpha value is -2.76. The van der Waals surface area contributed by atoms with E-state index in [2.05, 4.69) is 9.97 Å². The minimum absolute atomic E-state index is 0.103. The zero-order valence-electron chi connectivity index (χ0n) is 16.5. The quantitative estimate of drug-likeness (QED) is 0.490. The standard InChI is InChI=1S/C24H22ClN3O2/c25-17-9-7-15(8-10-17)12-16-13-19-23(18-4-3-11-26-22(16)18)27-14-28(24(19)30)20-5-1-2-6-21(20)29/h3-4,7-11,13-14,20-21,29H,1-2,5-6,12H2/t20-,21-/m0/s1. The van der Waals surface area contributed by atoms with E-state index in [-0.39, 0.29) is 11.6 Å². The normalized spacial score (nSPS) is 19.4. The highest BCUT2D eigenvalue weighted by molar-refractivity contribution is 6.30.